The number of carbonyl (C=O) groups excluding carboxylic acids is 2. The fourth-order valence-corrected chi connectivity index (χ4v) is 9.30. The van der Waals surface area contributed by atoms with Crippen LogP contribution in [-0.4, -0.2) is 38.3 Å². The summed E-state index contributed by atoms with van der Waals surface area (Å²) in [6.45, 7) is 1.73. The minimum Gasteiger partial charge on any atom is -0.326 e. The molecule has 3 aromatic carbocycles. The maximum absolute atomic E-state index is 11.6. The predicted octanol–water partition coefficient (Wildman–Crippen LogP) is 12.2. The van der Waals surface area contributed by atoms with Crippen molar-refractivity contribution in [1.29, 1.82) is 0 Å². The molecule has 2 heterocycles. The van der Waals surface area contributed by atoms with Gasteiger partial charge in [0.2, 0.25) is 10.5 Å². The summed E-state index contributed by atoms with van der Waals surface area (Å²) in [5.74, 6) is 1.37. The Hall–Kier alpha value is 0.690. The summed E-state index contributed by atoms with van der Waals surface area (Å²) in [6, 6.07) is 25.7. The minimum atomic E-state index is -3.72. The minimum absolute atomic E-state index is 0.0384. The van der Waals surface area contributed by atoms with Crippen LogP contribution in [0.4, 0.5) is 0 Å². The molecule has 0 unspecified atom stereocenters. The van der Waals surface area contributed by atoms with E-state index >= 15 is 0 Å². The molecule has 5 aromatic rings. The Kier molecular flexibility index (Phi) is 30.0. The number of rotatable bonds is 12. The van der Waals surface area contributed by atoms with Gasteiger partial charge in [-0.05, 0) is 167 Å². The molecule has 0 radical (unpaired) electrons. The Balaban J connectivity index is 0.000000372. The summed E-state index contributed by atoms with van der Waals surface area (Å²) in [4.78, 5) is 43.5. The van der Waals surface area contributed by atoms with Crippen LogP contribution in [-0.2, 0) is 37.5 Å². The molecule has 24 heteroatoms. The van der Waals surface area contributed by atoms with Gasteiger partial charge in [-0.1, -0.05) is 92.8 Å². The molecule has 0 saturated heterocycles. The van der Waals surface area contributed by atoms with Gasteiger partial charge in [-0.2, -0.15) is 8.42 Å². The number of nitrogens with two attached hydrogens (primary N) is 1. The molecule has 0 atom stereocenters. The number of hydrogen-bond acceptors (Lipinski definition) is 11. The second-order valence-electron chi connectivity index (χ2n) is 10.3. The highest BCUT2D eigenvalue weighted by molar-refractivity contribution is 14.1. The topological polar surface area (TPSA) is 138 Å². The summed E-state index contributed by atoms with van der Waals surface area (Å²) in [6.07, 6.45) is 0.738. The van der Waals surface area contributed by atoms with Crippen LogP contribution in [0.25, 0.3) is 0 Å². The number of aromatic nitrogens is 2. The summed E-state index contributed by atoms with van der Waals surface area (Å²) in [7, 11) is 7.86. The van der Waals surface area contributed by atoms with E-state index in [1.807, 2.05) is 60.7 Å². The molecule has 0 saturated carbocycles. The Bertz CT molecular complexity index is 2180. The first-order valence-electron chi connectivity index (χ1n) is 15.3. The van der Waals surface area contributed by atoms with Gasteiger partial charge in [0.05, 0.1) is 13.1 Å². The second-order valence-corrected chi connectivity index (χ2v) is 24.9. The van der Waals surface area contributed by atoms with Crippen LogP contribution in [0.3, 0.4) is 0 Å². The van der Waals surface area contributed by atoms with Gasteiger partial charge in [0.1, 0.15) is 13.7 Å². The molecule has 57 heavy (non-hydrogen) atoms. The van der Waals surface area contributed by atoms with Crippen molar-refractivity contribution in [1.82, 2.24) is 7.91 Å². The molecule has 0 aliphatic heterocycles. The molecular formula is C33H29Cl7I3N3O6S5. The van der Waals surface area contributed by atoms with Crippen LogP contribution in [0, 0.1) is 10.7 Å². The zero-order chi connectivity index (χ0) is 43.1. The smallest absolute Gasteiger partial charge is 0.317 e. The van der Waals surface area contributed by atoms with Crippen molar-refractivity contribution >= 4 is 211 Å². The average molecular weight is 1350 g/mol. The van der Waals surface area contributed by atoms with Crippen molar-refractivity contribution in [2.45, 2.75) is 32.5 Å². The maximum atomic E-state index is 11.6. The Morgan fingerprint density at radius 2 is 1.04 bits per heavy atom. The van der Waals surface area contributed by atoms with Gasteiger partial charge >= 0.3 is 8.26 Å². The van der Waals surface area contributed by atoms with Crippen LogP contribution in [0.2, 0.25) is 13.7 Å². The molecule has 0 bridgehead atoms. The Labute approximate surface area is 421 Å². The van der Waals surface area contributed by atoms with Gasteiger partial charge in [-0.15, -0.1) is 0 Å². The highest BCUT2D eigenvalue weighted by Gasteiger charge is 2.11. The van der Waals surface area contributed by atoms with E-state index in [-0.39, 0.29) is 26.6 Å². The van der Waals surface area contributed by atoms with Gasteiger partial charge < -0.3 is 5.73 Å². The molecule has 0 spiro atoms. The molecule has 2 aromatic heterocycles. The molecule has 0 aliphatic rings. The fraction of sp³-hybridized carbons (Fsp3) is 0.212. The number of halogens is 10. The quantitative estimate of drug-likeness (QED) is 0.0560. The lowest BCUT2D eigenvalue weighted by Crippen LogP contribution is -2.13. The van der Waals surface area contributed by atoms with E-state index in [9.17, 15) is 19.2 Å². The lowest BCUT2D eigenvalue weighted by Gasteiger charge is -2.00. The van der Waals surface area contributed by atoms with Crippen molar-refractivity contribution in [2.24, 2.45) is 5.73 Å². The van der Waals surface area contributed by atoms with Crippen LogP contribution >= 0.6 is 192 Å². The molecule has 9 nitrogen and oxygen atoms in total. The first kappa shape index (κ1) is 55.7. The van der Waals surface area contributed by atoms with Crippen LogP contribution in [0.15, 0.2) is 88.5 Å². The lowest BCUT2D eigenvalue weighted by molar-refractivity contribution is -0.112. The van der Waals surface area contributed by atoms with Crippen molar-refractivity contribution in [2.75, 3.05) is 11.5 Å². The summed E-state index contributed by atoms with van der Waals surface area (Å²) >= 11 is 36.7. The zero-order valence-electron chi connectivity index (χ0n) is 28.7. The van der Waals surface area contributed by atoms with E-state index in [1.54, 1.807) is 7.91 Å². The van der Waals surface area contributed by atoms with Crippen molar-refractivity contribution in [3.63, 3.8) is 0 Å². The highest BCUT2D eigenvalue weighted by atomic mass is 127. The van der Waals surface area contributed by atoms with Gasteiger partial charge in [-0.25, -0.2) is 0 Å². The molecular weight excluding hydrogens is 1320 g/mol. The number of hydrogen-bond donors (Lipinski definition) is 1. The fourth-order valence-electron chi connectivity index (χ4n) is 3.43. The van der Waals surface area contributed by atoms with E-state index in [2.05, 4.69) is 101 Å². The van der Waals surface area contributed by atoms with Crippen LogP contribution in [0.5, 0.6) is 0 Å². The van der Waals surface area contributed by atoms with E-state index in [4.69, 9.17) is 72.2 Å². The van der Waals surface area contributed by atoms with Gasteiger partial charge in [0.25, 0.3) is 11.1 Å². The normalized spacial score (nSPS) is 10.4. The second kappa shape index (κ2) is 30.7. The molecule has 0 fully saturated rings. The summed E-state index contributed by atoms with van der Waals surface area (Å²) in [5.41, 5.74) is 8.48. The van der Waals surface area contributed by atoms with Gasteiger partial charge in [-0.3, -0.25) is 27.1 Å². The molecule has 2 N–H and O–H groups in total. The third-order valence-corrected chi connectivity index (χ3v) is 13.8. The maximum Gasteiger partial charge on any atom is 0.317 e. The first-order chi connectivity index (χ1) is 26.7. The number of benzene rings is 3. The molecule has 312 valence electrons. The molecule has 0 aliphatic carbocycles. The molecule has 5 rings (SSSR count). The Morgan fingerprint density at radius 1 is 0.667 bits per heavy atom. The highest BCUT2D eigenvalue weighted by Crippen LogP contribution is 2.24. The van der Waals surface area contributed by atoms with E-state index in [0.717, 1.165) is 14.7 Å². The van der Waals surface area contributed by atoms with Gasteiger partial charge in [0, 0.05) is 69.0 Å². The first-order valence-corrected chi connectivity index (χ1v) is 27.6. The number of carbonyl (C=O) groups is 2. The average Bonchev–Trinajstić information content (AvgIpc) is 3.58. The van der Waals surface area contributed by atoms with E-state index < -0.39 is 8.26 Å². The largest absolute Gasteiger partial charge is 0.326 e. The van der Waals surface area contributed by atoms with Crippen molar-refractivity contribution < 1.29 is 18.0 Å². The van der Waals surface area contributed by atoms with Crippen molar-refractivity contribution in [3.8, 4) is 0 Å². The molecule has 0 amide bonds. The van der Waals surface area contributed by atoms with Gasteiger partial charge in [0.15, 0.2) is 0 Å². The van der Waals surface area contributed by atoms with Crippen LogP contribution < -0.4 is 16.9 Å². The Morgan fingerprint density at radius 3 is 1.33 bits per heavy atom. The lowest BCUT2D eigenvalue weighted by atomic mass is 10.2. The predicted molar refractivity (Wildman–Crippen MR) is 272 cm³/mol. The third kappa shape index (κ3) is 28.1. The van der Waals surface area contributed by atoms with E-state index in [1.165, 1.54) is 63.4 Å². The zero-order valence-corrected chi connectivity index (χ0v) is 44.5. The SMILES string of the molecule is NCc1ccc(I)cc1.O=C(Cl)CCSSCCC(=O)Cl.O=S(=O)(Cl)Cl.O=c1c(Cl)c(Cl)sn1Cc1ccc(I)cc1.O=c1cc(Cl)sn1Cc1ccc(I)cc1. The monoisotopic (exact) mass is 1350 g/mol. The van der Waals surface area contributed by atoms with Crippen molar-refractivity contribution in [3.05, 3.63) is 141 Å². The summed E-state index contributed by atoms with van der Waals surface area (Å²) in [5, 5.41) is -0.537. The number of nitrogens with zero attached hydrogens (tertiary/aromatic N) is 2. The summed E-state index contributed by atoms with van der Waals surface area (Å²) < 4.78 is 26.0. The standard InChI is InChI=1S/C10H6Cl2INOS.C10H7ClINOS.C7H8IN.C6H8Cl2O2S2.Cl2O2S/c11-8-9(12)16-14(10(8)15)5-6-1-3-7(13)4-2-6;11-9-5-10(14)13(15-9)6-7-1-3-8(12)4-2-7;8-7-3-1-6(5-9)2-4-7;7-5(9)1-3-11-12-4-2-6(8)10;1-5(2,3)4/h1-4H,5H2;1-5H,6H2;1-4H,5,9H2;1-4H2;. The third-order valence-electron chi connectivity index (χ3n) is 5.93. The van der Waals surface area contributed by atoms with E-state index in [0.29, 0.717) is 52.7 Å². The van der Waals surface area contributed by atoms with Crippen LogP contribution in [0.1, 0.15) is 29.5 Å².